The normalized spacial score (nSPS) is 14.1. The van der Waals surface area contributed by atoms with Crippen molar-refractivity contribution in [1.82, 2.24) is 4.57 Å². The first-order valence-electron chi connectivity index (χ1n) is 8.04. The second-order valence-corrected chi connectivity index (χ2v) is 6.87. The SMILES string of the molecule is COc1ccc(N2CN=c3s/c(=C/c4ccc(F)cc4)c(=O)n3C2)cc1. The van der Waals surface area contributed by atoms with Gasteiger partial charge in [0.25, 0.3) is 5.56 Å². The lowest BCUT2D eigenvalue weighted by molar-refractivity contribution is 0.414. The fourth-order valence-electron chi connectivity index (χ4n) is 2.78. The van der Waals surface area contributed by atoms with E-state index in [4.69, 9.17) is 4.74 Å². The van der Waals surface area contributed by atoms with Gasteiger partial charge in [0.05, 0.1) is 11.6 Å². The lowest BCUT2D eigenvalue weighted by Gasteiger charge is -2.25. The Balaban J connectivity index is 1.67. The first-order valence-corrected chi connectivity index (χ1v) is 8.86. The van der Waals surface area contributed by atoms with Crippen LogP contribution in [0, 0.1) is 5.82 Å². The van der Waals surface area contributed by atoms with Crippen molar-refractivity contribution in [3.05, 3.63) is 79.6 Å². The van der Waals surface area contributed by atoms with Gasteiger partial charge < -0.3 is 9.64 Å². The van der Waals surface area contributed by atoms with Crippen LogP contribution in [-0.2, 0) is 6.67 Å². The van der Waals surface area contributed by atoms with Crippen molar-refractivity contribution in [1.29, 1.82) is 0 Å². The lowest BCUT2D eigenvalue weighted by atomic mass is 10.2. The van der Waals surface area contributed by atoms with Crippen LogP contribution in [0.4, 0.5) is 10.1 Å². The maximum atomic E-state index is 13.0. The molecular formula is C19H16FN3O2S. The Morgan fingerprint density at radius 3 is 2.58 bits per heavy atom. The highest BCUT2D eigenvalue weighted by Crippen LogP contribution is 2.20. The molecule has 132 valence electrons. The van der Waals surface area contributed by atoms with Gasteiger partial charge in [0, 0.05) is 5.69 Å². The number of thiazole rings is 1. The summed E-state index contributed by atoms with van der Waals surface area (Å²) in [5.41, 5.74) is 1.67. The Hall–Kier alpha value is -2.93. The summed E-state index contributed by atoms with van der Waals surface area (Å²) < 4.78 is 20.5. The van der Waals surface area contributed by atoms with Crippen LogP contribution in [-0.4, -0.2) is 18.3 Å². The predicted octanol–water partition coefficient (Wildman–Crippen LogP) is 1.94. The van der Waals surface area contributed by atoms with Crippen LogP contribution >= 0.6 is 11.3 Å². The third-order valence-corrected chi connectivity index (χ3v) is 5.23. The number of hydrogen-bond donors (Lipinski definition) is 0. The summed E-state index contributed by atoms with van der Waals surface area (Å²) in [6.07, 6.45) is 1.77. The van der Waals surface area contributed by atoms with E-state index < -0.39 is 0 Å². The smallest absolute Gasteiger partial charge is 0.271 e. The number of anilines is 1. The molecule has 0 N–H and O–H groups in total. The zero-order chi connectivity index (χ0) is 18.1. The van der Waals surface area contributed by atoms with Crippen LogP contribution in [0.15, 0.2) is 58.3 Å². The Morgan fingerprint density at radius 1 is 1.15 bits per heavy atom. The van der Waals surface area contributed by atoms with Crippen LogP contribution in [0.1, 0.15) is 5.56 Å². The fraction of sp³-hybridized carbons (Fsp3) is 0.158. The number of rotatable bonds is 3. The molecule has 0 fully saturated rings. The van der Waals surface area contributed by atoms with Crippen LogP contribution in [0.2, 0.25) is 0 Å². The molecular weight excluding hydrogens is 353 g/mol. The summed E-state index contributed by atoms with van der Waals surface area (Å²) in [4.78, 5) is 20.0. The molecule has 5 nitrogen and oxygen atoms in total. The molecule has 1 aliphatic heterocycles. The summed E-state index contributed by atoms with van der Waals surface area (Å²) in [5.74, 6) is 0.488. The van der Waals surface area contributed by atoms with Gasteiger partial charge in [-0.2, -0.15) is 0 Å². The minimum Gasteiger partial charge on any atom is -0.497 e. The highest BCUT2D eigenvalue weighted by molar-refractivity contribution is 7.07. The molecule has 3 aromatic rings. The maximum Gasteiger partial charge on any atom is 0.271 e. The average Bonchev–Trinajstić information content (AvgIpc) is 2.99. The van der Waals surface area contributed by atoms with Gasteiger partial charge in [-0.1, -0.05) is 23.5 Å². The molecule has 0 atom stereocenters. The number of nitrogens with zero attached hydrogens (tertiary/aromatic N) is 3. The average molecular weight is 369 g/mol. The van der Waals surface area contributed by atoms with Gasteiger partial charge in [-0.05, 0) is 48.0 Å². The second kappa shape index (κ2) is 6.76. The number of methoxy groups -OCH3 is 1. The van der Waals surface area contributed by atoms with Crippen molar-refractivity contribution in [3.8, 4) is 5.75 Å². The van der Waals surface area contributed by atoms with Crippen LogP contribution in [0.25, 0.3) is 6.08 Å². The summed E-state index contributed by atoms with van der Waals surface area (Å²) in [6, 6.07) is 13.7. The summed E-state index contributed by atoms with van der Waals surface area (Å²) in [6.45, 7) is 0.931. The van der Waals surface area contributed by atoms with E-state index in [0.29, 0.717) is 22.7 Å². The van der Waals surface area contributed by atoms with Crippen LogP contribution < -0.4 is 24.5 Å². The molecule has 0 unspecified atom stereocenters. The van der Waals surface area contributed by atoms with E-state index in [1.54, 1.807) is 29.9 Å². The van der Waals surface area contributed by atoms with Crippen molar-refractivity contribution < 1.29 is 9.13 Å². The zero-order valence-corrected chi connectivity index (χ0v) is 14.9. The first kappa shape index (κ1) is 16.5. The molecule has 26 heavy (non-hydrogen) atoms. The Bertz CT molecular complexity index is 1100. The number of halogens is 1. The zero-order valence-electron chi connectivity index (χ0n) is 14.1. The summed E-state index contributed by atoms with van der Waals surface area (Å²) in [5, 5.41) is 0. The van der Waals surface area contributed by atoms with Crippen molar-refractivity contribution in [2.75, 3.05) is 18.7 Å². The molecule has 0 aliphatic carbocycles. The van der Waals surface area contributed by atoms with Gasteiger partial charge in [0.1, 0.15) is 24.9 Å². The van der Waals surface area contributed by atoms with Crippen molar-refractivity contribution in [2.24, 2.45) is 4.99 Å². The number of aromatic nitrogens is 1. The molecule has 0 bridgehead atoms. The van der Waals surface area contributed by atoms with Crippen molar-refractivity contribution in [2.45, 2.75) is 6.67 Å². The van der Waals surface area contributed by atoms with E-state index in [1.165, 1.54) is 23.5 Å². The van der Waals surface area contributed by atoms with Gasteiger partial charge in [0.15, 0.2) is 4.80 Å². The molecule has 2 aromatic carbocycles. The van der Waals surface area contributed by atoms with Gasteiger partial charge in [0.2, 0.25) is 0 Å². The van der Waals surface area contributed by atoms with E-state index in [-0.39, 0.29) is 11.4 Å². The van der Waals surface area contributed by atoms with Crippen LogP contribution in [0.3, 0.4) is 0 Å². The van der Waals surface area contributed by atoms with E-state index >= 15 is 0 Å². The number of hydrogen-bond acceptors (Lipinski definition) is 5. The van der Waals surface area contributed by atoms with Crippen molar-refractivity contribution >= 4 is 23.1 Å². The first-order chi connectivity index (χ1) is 12.6. The van der Waals surface area contributed by atoms with E-state index in [0.717, 1.165) is 17.0 Å². The standard InChI is InChI=1S/C19H16FN3O2S/c1-25-16-8-6-15(7-9-16)22-11-21-19-23(12-22)18(24)17(26-19)10-13-2-4-14(20)5-3-13/h2-10H,11-12H2,1H3/b17-10+. The van der Waals surface area contributed by atoms with Gasteiger partial charge in [-0.3, -0.25) is 9.36 Å². The molecule has 0 saturated carbocycles. The molecule has 2 heterocycles. The lowest BCUT2D eigenvalue weighted by Crippen LogP contribution is -2.42. The van der Waals surface area contributed by atoms with E-state index in [9.17, 15) is 9.18 Å². The minimum atomic E-state index is -0.297. The largest absolute Gasteiger partial charge is 0.497 e. The molecule has 4 rings (SSSR count). The summed E-state index contributed by atoms with van der Waals surface area (Å²) >= 11 is 1.35. The third kappa shape index (κ3) is 3.13. The number of fused-ring (bicyclic) bond motifs is 1. The van der Waals surface area contributed by atoms with E-state index in [2.05, 4.69) is 4.99 Å². The summed E-state index contributed by atoms with van der Waals surface area (Å²) in [7, 11) is 1.63. The monoisotopic (exact) mass is 369 g/mol. The molecule has 0 spiro atoms. The maximum absolute atomic E-state index is 13.0. The Morgan fingerprint density at radius 2 is 1.88 bits per heavy atom. The molecule has 0 saturated heterocycles. The molecule has 1 aromatic heterocycles. The molecule has 7 heteroatoms. The van der Waals surface area contributed by atoms with Crippen LogP contribution in [0.5, 0.6) is 5.75 Å². The van der Waals surface area contributed by atoms with Gasteiger partial charge >= 0.3 is 0 Å². The third-order valence-electron chi connectivity index (χ3n) is 4.18. The fourth-order valence-corrected chi connectivity index (χ4v) is 3.74. The minimum absolute atomic E-state index is 0.0868. The molecule has 0 amide bonds. The molecule has 1 aliphatic rings. The topological polar surface area (TPSA) is 46.8 Å². The predicted molar refractivity (Wildman–Crippen MR) is 99.7 cm³/mol. The highest BCUT2D eigenvalue weighted by Gasteiger charge is 2.16. The Labute approximate surface area is 152 Å². The molecule has 0 radical (unpaired) electrons. The Kier molecular flexibility index (Phi) is 4.30. The van der Waals surface area contributed by atoms with E-state index in [1.807, 2.05) is 29.2 Å². The second-order valence-electron chi connectivity index (χ2n) is 5.86. The highest BCUT2D eigenvalue weighted by atomic mass is 32.1. The number of ether oxygens (including phenoxy) is 1. The number of benzene rings is 2. The quantitative estimate of drug-likeness (QED) is 0.709. The van der Waals surface area contributed by atoms with Gasteiger partial charge in [-0.15, -0.1) is 0 Å². The van der Waals surface area contributed by atoms with Crippen molar-refractivity contribution in [3.63, 3.8) is 0 Å². The van der Waals surface area contributed by atoms with Gasteiger partial charge in [-0.25, -0.2) is 9.38 Å².